The number of hydrogen-bond donors (Lipinski definition) is 1. The average Bonchev–Trinajstić information content (AvgIpc) is 2.62. The van der Waals surface area contributed by atoms with Gasteiger partial charge in [0.15, 0.2) is 0 Å². The molecule has 5 nitrogen and oxygen atoms in total. The molecule has 1 aromatic heterocycles. The van der Waals surface area contributed by atoms with Gasteiger partial charge in [-0.3, -0.25) is 9.71 Å². The lowest BCUT2D eigenvalue weighted by Gasteiger charge is -2.16. The smallest absolute Gasteiger partial charge is 0.261 e. The van der Waals surface area contributed by atoms with E-state index in [1.165, 1.54) is 0 Å². The third-order valence-electron chi connectivity index (χ3n) is 4.29. The molecule has 0 spiro atoms. The van der Waals surface area contributed by atoms with E-state index >= 15 is 0 Å². The van der Waals surface area contributed by atoms with Gasteiger partial charge < -0.3 is 4.74 Å². The zero-order valence-electron chi connectivity index (χ0n) is 15.8. The van der Waals surface area contributed by atoms with Gasteiger partial charge in [-0.1, -0.05) is 23.8 Å². The fourth-order valence-electron chi connectivity index (χ4n) is 2.83. The summed E-state index contributed by atoms with van der Waals surface area (Å²) in [6.07, 6.45) is 1.76. The summed E-state index contributed by atoms with van der Waals surface area (Å²) in [5, 5.41) is 0. The van der Waals surface area contributed by atoms with E-state index in [2.05, 4.69) is 9.71 Å². The van der Waals surface area contributed by atoms with Crippen molar-refractivity contribution >= 4 is 15.7 Å². The Bertz CT molecular complexity index is 1060. The molecule has 0 atom stereocenters. The molecule has 1 heterocycles. The zero-order valence-corrected chi connectivity index (χ0v) is 16.6. The molecule has 0 amide bonds. The van der Waals surface area contributed by atoms with E-state index in [1.807, 2.05) is 39.0 Å². The fraction of sp³-hybridized carbons (Fsp3) is 0.190. The first-order chi connectivity index (χ1) is 12.8. The van der Waals surface area contributed by atoms with Gasteiger partial charge in [0.1, 0.15) is 5.75 Å². The van der Waals surface area contributed by atoms with Crippen LogP contribution < -0.4 is 9.46 Å². The maximum Gasteiger partial charge on any atom is 0.261 e. The van der Waals surface area contributed by atoms with Crippen LogP contribution >= 0.6 is 0 Å². The van der Waals surface area contributed by atoms with Crippen LogP contribution in [-0.2, 0) is 10.0 Å². The first-order valence-corrected chi connectivity index (χ1v) is 9.99. The van der Waals surface area contributed by atoms with E-state index in [9.17, 15) is 8.42 Å². The predicted octanol–water partition coefficient (Wildman–Crippen LogP) is 4.48. The van der Waals surface area contributed by atoms with Crippen LogP contribution in [0.15, 0.2) is 59.6 Å². The Labute approximate surface area is 160 Å². The lowest BCUT2D eigenvalue weighted by Crippen LogP contribution is -2.14. The van der Waals surface area contributed by atoms with Crippen molar-refractivity contribution in [3.63, 3.8) is 0 Å². The second kappa shape index (κ2) is 7.40. The summed E-state index contributed by atoms with van der Waals surface area (Å²) in [7, 11) is -2.19. The number of aromatic nitrogens is 1. The number of nitrogens with zero attached hydrogens (tertiary/aromatic N) is 1. The molecule has 140 valence electrons. The summed E-state index contributed by atoms with van der Waals surface area (Å²) in [5.41, 5.74) is 4.76. The maximum atomic E-state index is 12.9. The van der Waals surface area contributed by atoms with Gasteiger partial charge in [0, 0.05) is 17.8 Å². The molecule has 2 aromatic carbocycles. The van der Waals surface area contributed by atoms with Gasteiger partial charge in [0.05, 0.1) is 23.4 Å². The molecule has 0 radical (unpaired) electrons. The molecule has 0 aliphatic rings. The van der Waals surface area contributed by atoms with Gasteiger partial charge in [0.25, 0.3) is 10.0 Å². The SMILES string of the molecule is COc1cc(C)c(-c2ccc(C)cn2)c(NS(=O)(=O)c2ccc(C)cc2)c1. The largest absolute Gasteiger partial charge is 0.497 e. The Kier molecular flexibility index (Phi) is 5.19. The number of ether oxygens (including phenoxy) is 1. The first kappa shape index (κ1) is 18.9. The van der Waals surface area contributed by atoms with Crippen molar-refractivity contribution < 1.29 is 13.2 Å². The predicted molar refractivity (Wildman–Crippen MR) is 108 cm³/mol. The molecule has 6 heteroatoms. The quantitative estimate of drug-likeness (QED) is 0.706. The van der Waals surface area contributed by atoms with E-state index in [0.29, 0.717) is 17.1 Å². The molecule has 0 unspecified atom stereocenters. The summed E-state index contributed by atoms with van der Waals surface area (Å²) in [6.45, 7) is 5.78. The monoisotopic (exact) mass is 382 g/mol. The van der Waals surface area contributed by atoms with E-state index in [4.69, 9.17) is 4.74 Å². The lowest BCUT2D eigenvalue weighted by atomic mass is 10.0. The number of benzene rings is 2. The first-order valence-electron chi connectivity index (χ1n) is 8.51. The highest BCUT2D eigenvalue weighted by molar-refractivity contribution is 7.92. The van der Waals surface area contributed by atoms with E-state index < -0.39 is 10.0 Å². The second-order valence-electron chi connectivity index (χ2n) is 6.51. The van der Waals surface area contributed by atoms with Crippen molar-refractivity contribution in [3.05, 3.63) is 71.4 Å². The van der Waals surface area contributed by atoms with E-state index in [-0.39, 0.29) is 4.90 Å². The van der Waals surface area contributed by atoms with Gasteiger partial charge in [-0.15, -0.1) is 0 Å². The standard InChI is InChI=1S/C21H22N2O3S/c1-14-5-8-18(9-6-14)27(24,25)23-20-12-17(26-4)11-16(3)21(20)19-10-7-15(2)13-22-19/h5-13,23H,1-4H3. The number of aryl methyl sites for hydroxylation is 3. The molecule has 0 fully saturated rings. The lowest BCUT2D eigenvalue weighted by molar-refractivity contribution is 0.415. The fourth-order valence-corrected chi connectivity index (χ4v) is 3.89. The van der Waals surface area contributed by atoms with Crippen molar-refractivity contribution in [1.29, 1.82) is 0 Å². The van der Waals surface area contributed by atoms with E-state index in [0.717, 1.165) is 22.3 Å². The van der Waals surface area contributed by atoms with E-state index in [1.54, 1.807) is 43.6 Å². The van der Waals surface area contributed by atoms with Gasteiger partial charge >= 0.3 is 0 Å². The molecule has 0 bridgehead atoms. The Hall–Kier alpha value is -2.86. The normalized spacial score (nSPS) is 11.3. The van der Waals surface area contributed by atoms with Crippen LogP contribution in [0, 0.1) is 20.8 Å². The Morgan fingerprint density at radius 3 is 2.19 bits per heavy atom. The van der Waals surface area contributed by atoms with Crippen LogP contribution in [0.3, 0.4) is 0 Å². The van der Waals surface area contributed by atoms with Crippen molar-refractivity contribution in [2.75, 3.05) is 11.8 Å². The number of anilines is 1. The Morgan fingerprint density at radius 1 is 0.926 bits per heavy atom. The van der Waals surface area contributed by atoms with Crippen LogP contribution in [-0.4, -0.2) is 20.5 Å². The summed E-state index contributed by atoms with van der Waals surface area (Å²) in [5.74, 6) is 0.574. The minimum Gasteiger partial charge on any atom is -0.497 e. The number of sulfonamides is 1. The molecular formula is C21H22N2O3S. The third kappa shape index (κ3) is 4.11. The summed E-state index contributed by atoms with van der Waals surface area (Å²) in [6, 6.07) is 14.1. The number of pyridine rings is 1. The number of rotatable bonds is 5. The highest BCUT2D eigenvalue weighted by Crippen LogP contribution is 2.35. The average molecular weight is 382 g/mol. The summed E-state index contributed by atoms with van der Waals surface area (Å²) < 4.78 is 33.8. The zero-order chi connectivity index (χ0) is 19.6. The van der Waals surface area contributed by atoms with Crippen molar-refractivity contribution in [3.8, 4) is 17.0 Å². The minimum absolute atomic E-state index is 0.205. The highest BCUT2D eigenvalue weighted by Gasteiger charge is 2.19. The summed E-state index contributed by atoms with van der Waals surface area (Å²) >= 11 is 0. The highest BCUT2D eigenvalue weighted by atomic mass is 32.2. The molecule has 0 saturated carbocycles. The molecule has 27 heavy (non-hydrogen) atoms. The molecule has 0 saturated heterocycles. The van der Waals surface area contributed by atoms with Gasteiger partial charge in [-0.05, 0) is 56.2 Å². The van der Waals surface area contributed by atoms with Crippen LogP contribution in [0.5, 0.6) is 5.75 Å². The van der Waals surface area contributed by atoms with Gasteiger partial charge in [-0.25, -0.2) is 8.42 Å². The van der Waals surface area contributed by atoms with Crippen molar-refractivity contribution in [2.24, 2.45) is 0 Å². The Morgan fingerprint density at radius 2 is 1.59 bits per heavy atom. The van der Waals surface area contributed by atoms with Crippen LogP contribution in [0.2, 0.25) is 0 Å². The minimum atomic E-state index is -3.74. The number of nitrogens with one attached hydrogen (secondary N) is 1. The number of methoxy groups -OCH3 is 1. The van der Waals surface area contributed by atoms with Crippen LogP contribution in [0.25, 0.3) is 11.3 Å². The second-order valence-corrected chi connectivity index (χ2v) is 8.19. The molecule has 3 rings (SSSR count). The molecular weight excluding hydrogens is 360 g/mol. The van der Waals surface area contributed by atoms with Crippen LogP contribution in [0.1, 0.15) is 16.7 Å². The Balaban J connectivity index is 2.11. The molecule has 1 N–H and O–H groups in total. The van der Waals surface area contributed by atoms with Gasteiger partial charge in [-0.2, -0.15) is 0 Å². The van der Waals surface area contributed by atoms with Crippen molar-refractivity contribution in [1.82, 2.24) is 4.98 Å². The van der Waals surface area contributed by atoms with Gasteiger partial charge in [0.2, 0.25) is 0 Å². The number of hydrogen-bond acceptors (Lipinski definition) is 4. The summed E-state index contributed by atoms with van der Waals surface area (Å²) in [4.78, 5) is 4.67. The topological polar surface area (TPSA) is 68.3 Å². The van der Waals surface area contributed by atoms with Crippen molar-refractivity contribution in [2.45, 2.75) is 25.7 Å². The third-order valence-corrected chi connectivity index (χ3v) is 5.67. The van der Waals surface area contributed by atoms with Crippen LogP contribution in [0.4, 0.5) is 5.69 Å². The molecule has 0 aliphatic heterocycles. The molecule has 0 aliphatic carbocycles. The maximum absolute atomic E-state index is 12.9. The molecule has 3 aromatic rings.